The minimum absolute atomic E-state index is 0.218. The van der Waals surface area contributed by atoms with Gasteiger partial charge in [-0.1, -0.05) is 24.3 Å². The van der Waals surface area contributed by atoms with Crippen LogP contribution in [0.1, 0.15) is 24.8 Å². The lowest BCUT2D eigenvalue weighted by atomic mass is 9.37. The number of fused-ring (bicyclic) bond motifs is 3. The predicted molar refractivity (Wildman–Crippen MR) is 116 cm³/mol. The van der Waals surface area contributed by atoms with Crippen LogP contribution in [0.5, 0.6) is 5.75 Å². The molecule has 1 aromatic carbocycles. The maximum Gasteiger partial charge on any atom is 0.414 e. The number of ether oxygens (including phenoxy) is 3. The molecule has 4 fully saturated rings. The van der Waals surface area contributed by atoms with Crippen LogP contribution in [-0.4, -0.2) is 84.9 Å². The molecular weight excluding hydrogens is 428 g/mol. The molecule has 9 nitrogen and oxygen atoms in total. The summed E-state index contributed by atoms with van der Waals surface area (Å²) in [6.45, 7) is 1.40. The maximum absolute atomic E-state index is 13.5. The van der Waals surface area contributed by atoms with Gasteiger partial charge < -0.3 is 24.4 Å². The van der Waals surface area contributed by atoms with E-state index in [2.05, 4.69) is 4.90 Å². The van der Waals surface area contributed by atoms with Crippen molar-refractivity contribution in [3.8, 4) is 5.75 Å². The Hall–Kier alpha value is -2.62. The summed E-state index contributed by atoms with van der Waals surface area (Å²) in [7, 11) is 3.98. The van der Waals surface area contributed by atoms with Crippen LogP contribution in [0.2, 0.25) is 0 Å². The molecule has 3 spiro atoms. The first kappa shape index (κ1) is 20.9. The standard InChI is InChI=1S/C24H28N2O7/c1-31-15-7-4-6-14-16(15)26(20(29)33-3)23-10-9-21(18(27)24(23,30)19(28)32-2)8-5-12-25-13-11-22(14,23)17(21)25/h4-8,17-18,27,30H,9-13H2,1-3H3/t17-,18-,21-,22+,23-,24+/m1/s1. The quantitative estimate of drug-likeness (QED) is 0.501. The van der Waals surface area contributed by atoms with Crippen molar-refractivity contribution in [1.29, 1.82) is 0 Å². The Morgan fingerprint density at radius 3 is 2.61 bits per heavy atom. The number of methoxy groups -OCH3 is 3. The second kappa shape index (κ2) is 6.28. The molecule has 3 heterocycles. The van der Waals surface area contributed by atoms with E-state index in [4.69, 9.17) is 14.2 Å². The van der Waals surface area contributed by atoms with Crippen molar-refractivity contribution in [2.45, 2.75) is 48.0 Å². The number of amides is 1. The van der Waals surface area contributed by atoms with Crippen LogP contribution in [0, 0.1) is 5.41 Å². The fraction of sp³-hybridized carbons (Fsp3) is 0.583. The summed E-state index contributed by atoms with van der Waals surface area (Å²) in [5, 5.41) is 24.2. The van der Waals surface area contributed by atoms with Crippen LogP contribution in [0.25, 0.3) is 0 Å². The van der Waals surface area contributed by atoms with Crippen LogP contribution < -0.4 is 9.64 Å². The van der Waals surface area contributed by atoms with Gasteiger partial charge in [-0.3, -0.25) is 9.80 Å². The van der Waals surface area contributed by atoms with Crippen LogP contribution in [0.15, 0.2) is 30.4 Å². The van der Waals surface area contributed by atoms with Crippen molar-refractivity contribution in [3.05, 3.63) is 35.9 Å². The highest BCUT2D eigenvalue weighted by Crippen LogP contribution is 2.76. The number of anilines is 1. The molecule has 6 atom stereocenters. The molecule has 2 N–H and O–H groups in total. The summed E-state index contributed by atoms with van der Waals surface area (Å²) < 4.78 is 16.0. The molecular formula is C24H28N2O7. The highest BCUT2D eigenvalue weighted by molar-refractivity contribution is 6.01. The number of aliphatic hydroxyl groups is 2. The van der Waals surface area contributed by atoms with E-state index in [1.165, 1.54) is 26.2 Å². The molecule has 0 unspecified atom stereocenters. The van der Waals surface area contributed by atoms with E-state index in [-0.39, 0.29) is 12.5 Å². The summed E-state index contributed by atoms with van der Waals surface area (Å²) in [5.74, 6) is -0.509. The van der Waals surface area contributed by atoms with E-state index in [9.17, 15) is 19.8 Å². The normalized spacial score (nSPS) is 41.9. The lowest BCUT2D eigenvalue weighted by molar-refractivity contribution is -0.262. The fourth-order valence-electron chi connectivity index (χ4n) is 8.42. The van der Waals surface area contributed by atoms with Crippen molar-refractivity contribution in [2.75, 3.05) is 39.3 Å². The minimum atomic E-state index is -2.38. The summed E-state index contributed by atoms with van der Waals surface area (Å²) in [6.07, 6.45) is 3.17. The fourth-order valence-corrected chi connectivity index (χ4v) is 8.42. The van der Waals surface area contributed by atoms with E-state index in [0.29, 0.717) is 37.4 Å². The van der Waals surface area contributed by atoms with Crippen molar-refractivity contribution < 1.29 is 34.0 Å². The largest absolute Gasteiger partial charge is 0.495 e. The lowest BCUT2D eigenvalue weighted by Crippen LogP contribution is -2.90. The Labute approximate surface area is 191 Å². The molecule has 1 amide bonds. The van der Waals surface area contributed by atoms with E-state index in [1.54, 1.807) is 6.07 Å². The van der Waals surface area contributed by atoms with Gasteiger partial charge in [0.05, 0.1) is 27.0 Å². The Balaban J connectivity index is 1.79. The topological polar surface area (TPSA) is 109 Å². The molecule has 1 aromatic rings. The van der Waals surface area contributed by atoms with E-state index in [0.717, 1.165) is 5.56 Å². The number of rotatable bonds is 2. The average molecular weight is 456 g/mol. The van der Waals surface area contributed by atoms with Crippen LogP contribution in [-0.2, 0) is 19.7 Å². The zero-order valence-electron chi connectivity index (χ0n) is 18.9. The lowest BCUT2D eigenvalue weighted by Gasteiger charge is -2.72. The third kappa shape index (κ3) is 1.84. The number of nitrogens with zero attached hydrogens (tertiary/aromatic N) is 2. The molecule has 33 heavy (non-hydrogen) atoms. The van der Waals surface area contributed by atoms with E-state index < -0.39 is 40.1 Å². The zero-order valence-corrected chi connectivity index (χ0v) is 18.9. The van der Waals surface area contributed by atoms with Crippen molar-refractivity contribution in [3.63, 3.8) is 0 Å². The number of carbonyl (C=O) groups is 2. The van der Waals surface area contributed by atoms with E-state index in [1.807, 2.05) is 24.3 Å². The summed E-state index contributed by atoms with van der Waals surface area (Å²) in [6, 6.07) is 5.35. The van der Waals surface area contributed by atoms with Crippen LogP contribution >= 0.6 is 0 Å². The molecule has 6 aliphatic rings. The zero-order chi connectivity index (χ0) is 23.4. The summed E-state index contributed by atoms with van der Waals surface area (Å²) in [4.78, 5) is 30.6. The molecule has 2 bridgehead atoms. The third-order valence-corrected chi connectivity index (χ3v) is 9.25. The number of para-hydroxylation sites is 1. The minimum Gasteiger partial charge on any atom is -0.495 e. The highest BCUT2D eigenvalue weighted by atomic mass is 16.6. The van der Waals surface area contributed by atoms with Crippen molar-refractivity contribution in [2.24, 2.45) is 5.41 Å². The Bertz CT molecular complexity index is 1110. The van der Waals surface area contributed by atoms with Crippen molar-refractivity contribution >= 4 is 17.7 Å². The highest BCUT2D eigenvalue weighted by Gasteiger charge is 2.89. The molecule has 0 aromatic heterocycles. The molecule has 7 rings (SSSR count). The number of hydrogen-bond donors (Lipinski definition) is 2. The van der Waals surface area contributed by atoms with Gasteiger partial charge in [-0.2, -0.15) is 0 Å². The maximum atomic E-state index is 13.5. The van der Waals surface area contributed by atoms with Gasteiger partial charge >= 0.3 is 12.1 Å². The van der Waals surface area contributed by atoms with Gasteiger partial charge in [-0.05, 0) is 37.4 Å². The average Bonchev–Trinajstić information content (AvgIpc) is 3.37. The van der Waals surface area contributed by atoms with Crippen LogP contribution in [0.3, 0.4) is 0 Å². The summed E-state index contributed by atoms with van der Waals surface area (Å²) >= 11 is 0. The Kier molecular flexibility index (Phi) is 3.99. The molecule has 1 saturated heterocycles. The van der Waals surface area contributed by atoms with Gasteiger partial charge in [0.2, 0.25) is 5.60 Å². The number of aliphatic hydroxyl groups excluding tert-OH is 1. The van der Waals surface area contributed by atoms with Gasteiger partial charge in [0.1, 0.15) is 17.4 Å². The van der Waals surface area contributed by atoms with Gasteiger partial charge in [0, 0.05) is 23.4 Å². The monoisotopic (exact) mass is 456 g/mol. The Morgan fingerprint density at radius 2 is 1.91 bits per heavy atom. The molecule has 176 valence electrons. The van der Waals surface area contributed by atoms with Gasteiger partial charge in [0.15, 0.2) is 0 Å². The first-order chi connectivity index (χ1) is 15.8. The number of benzene rings is 1. The second-order valence-corrected chi connectivity index (χ2v) is 9.82. The molecule has 3 saturated carbocycles. The predicted octanol–water partition coefficient (Wildman–Crippen LogP) is 0.961. The first-order valence-electron chi connectivity index (χ1n) is 11.3. The number of esters is 1. The van der Waals surface area contributed by atoms with Crippen LogP contribution in [0.4, 0.5) is 10.5 Å². The van der Waals surface area contributed by atoms with Gasteiger partial charge in [-0.25, -0.2) is 9.59 Å². The molecule has 9 heteroatoms. The summed E-state index contributed by atoms with van der Waals surface area (Å²) in [5.41, 5.74) is -4.29. The van der Waals surface area contributed by atoms with Crippen molar-refractivity contribution in [1.82, 2.24) is 4.90 Å². The first-order valence-corrected chi connectivity index (χ1v) is 11.3. The van der Waals surface area contributed by atoms with Gasteiger partial charge in [0.25, 0.3) is 0 Å². The van der Waals surface area contributed by atoms with Gasteiger partial charge in [-0.15, -0.1) is 0 Å². The second-order valence-electron chi connectivity index (χ2n) is 9.82. The SMILES string of the molecule is COC(=O)N1c2c(OC)cccc2[C@]23CCN4CC=C[C@@]5(CC[C@@]12[C@@](O)(C(=O)OC)[C@@H]5O)[C@@H]43. The molecule has 0 radical (unpaired) electrons. The molecule has 3 aliphatic carbocycles. The number of hydrogen-bond acceptors (Lipinski definition) is 8. The smallest absolute Gasteiger partial charge is 0.414 e. The van der Waals surface area contributed by atoms with E-state index >= 15 is 0 Å². The molecule has 3 aliphatic heterocycles. The Morgan fingerprint density at radius 1 is 1.12 bits per heavy atom. The third-order valence-electron chi connectivity index (χ3n) is 9.25. The number of carbonyl (C=O) groups excluding carboxylic acids is 2.